The molecule has 0 aliphatic carbocycles. The third kappa shape index (κ3) is 1.92. The minimum Gasteiger partial charge on any atom is -0.464 e. The van der Waals surface area contributed by atoms with Crippen molar-refractivity contribution in [2.75, 3.05) is 7.11 Å². The van der Waals surface area contributed by atoms with Gasteiger partial charge in [0.1, 0.15) is 5.69 Å². The number of rotatable bonds is 2. The van der Waals surface area contributed by atoms with E-state index < -0.39 is 5.97 Å². The average molecular weight is 283 g/mol. The Morgan fingerprint density at radius 2 is 2.00 bits per heavy atom. The van der Waals surface area contributed by atoms with Crippen molar-refractivity contribution in [3.05, 3.63) is 58.3 Å². The van der Waals surface area contributed by atoms with Gasteiger partial charge in [-0.05, 0) is 24.6 Å². The summed E-state index contributed by atoms with van der Waals surface area (Å²) in [5, 5.41) is 0.391. The van der Waals surface area contributed by atoms with Gasteiger partial charge in [0.05, 0.1) is 18.8 Å². The summed E-state index contributed by atoms with van der Waals surface area (Å²) >= 11 is 0. The molecule has 6 nitrogen and oxygen atoms in total. The van der Waals surface area contributed by atoms with Crippen LogP contribution in [0.15, 0.2) is 41.5 Å². The second-order valence-corrected chi connectivity index (χ2v) is 4.57. The van der Waals surface area contributed by atoms with Gasteiger partial charge in [-0.3, -0.25) is 9.36 Å². The molecule has 0 unspecified atom stereocenters. The van der Waals surface area contributed by atoms with Gasteiger partial charge in [0.25, 0.3) is 5.56 Å². The van der Waals surface area contributed by atoms with Crippen molar-refractivity contribution in [2.45, 2.75) is 6.92 Å². The van der Waals surface area contributed by atoms with Crippen molar-refractivity contribution in [3.63, 3.8) is 0 Å². The van der Waals surface area contributed by atoms with Gasteiger partial charge < -0.3 is 9.72 Å². The Morgan fingerprint density at radius 1 is 1.29 bits per heavy atom. The molecular formula is C15H13N3O3. The van der Waals surface area contributed by atoms with Crippen molar-refractivity contribution in [2.24, 2.45) is 0 Å². The van der Waals surface area contributed by atoms with E-state index in [1.807, 2.05) is 30.3 Å². The maximum Gasteiger partial charge on any atom is 0.355 e. The van der Waals surface area contributed by atoms with Crippen molar-refractivity contribution in [1.82, 2.24) is 14.5 Å². The molecule has 6 heteroatoms. The van der Waals surface area contributed by atoms with Crippen molar-refractivity contribution in [3.8, 4) is 5.69 Å². The van der Waals surface area contributed by atoms with Crippen molar-refractivity contribution in [1.29, 1.82) is 0 Å². The molecule has 106 valence electrons. The van der Waals surface area contributed by atoms with E-state index in [-0.39, 0.29) is 5.56 Å². The fourth-order valence-corrected chi connectivity index (χ4v) is 2.46. The highest BCUT2D eigenvalue weighted by atomic mass is 16.5. The van der Waals surface area contributed by atoms with Crippen LogP contribution in [0.5, 0.6) is 0 Å². The Morgan fingerprint density at radius 3 is 2.67 bits per heavy atom. The third-order valence-electron chi connectivity index (χ3n) is 3.39. The van der Waals surface area contributed by atoms with E-state index in [0.717, 1.165) is 5.69 Å². The van der Waals surface area contributed by atoms with Crippen LogP contribution in [0.25, 0.3) is 16.7 Å². The molecule has 0 radical (unpaired) electrons. The normalized spacial score (nSPS) is 10.8. The largest absolute Gasteiger partial charge is 0.464 e. The van der Waals surface area contributed by atoms with Gasteiger partial charge >= 0.3 is 5.97 Å². The summed E-state index contributed by atoms with van der Waals surface area (Å²) in [5.41, 5.74) is 1.76. The van der Waals surface area contributed by atoms with Gasteiger partial charge in [-0.15, -0.1) is 0 Å². The molecular weight excluding hydrogens is 270 g/mol. The Labute approximate surface area is 120 Å². The summed E-state index contributed by atoms with van der Waals surface area (Å²) in [4.78, 5) is 30.9. The molecule has 0 saturated carbocycles. The Hall–Kier alpha value is -2.89. The second-order valence-electron chi connectivity index (χ2n) is 4.57. The van der Waals surface area contributed by atoms with E-state index in [0.29, 0.717) is 22.3 Å². The van der Waals surface area contributed by atoms with E-state index in [1.54, 1.807) is 11.5 Å². The third-order valence-corrected chi connectivity index (χ3v) is 3.39. The number of esters is 1. The Balaban J connectivity index is 2.49. The molecule has 0 aliphatic rings. The summed E-state index contributed by atoms with van der Waals surface area (Å²) in [7, 11) is 1.31. The van der Waals surface area contributed by atoms with E-state index in [9.17, 15) is 9.59 Å². The molecule has 21 heavy (non-hydrogen) atoms. The first-order valence-corrected chi connectivity index (χ1v) is 6.37. The van der Waals surface area contributed by atoms with E-state index in [1.165, 1.54) is 13.4 Å². The molecule has 0 amide bonds. The minimum atomic E-state index is -0.506. The van der Waals surface area contributed by atoms with E-state index >= 15 is 0 Å². The molecule has 0 spiro atoms. The highest BCUT2D eigenvalue weighted by molar-refractivity contribution is 5.98. The number of benzene rings is 1. The molecule has 0 atom stereocenters. The lowest BCUT2D eigenvalue weighted by atomic mass is 10.2. The lowest BCUT2D eigenvalue weighted by Crippen LogP contribution is -2.10. The fourth-order valence-electron chi connectivity index (χ4n) is 2.46. The molecule has 0 saturated heterocycles. The molecule has 0 bridgehead atoms. The maximum atomic E-state index is 12.1. The zero-order chi connectivity index (χ0) is 15.0. The molecule has 3 rings (SSSR count). The standard InChI is InChI=1S/C15H13N3O3/c1-9-11-13(16-8-17-14(11)19)18(12(9)15(20)21-2)10-6-4-3-5-7-10/h3-8H,1-2H3,(H,16,17,19). The number of hydrogen-bond donors (Lipinski definition) is 1. The zero-order valence-electron chi connectivity index (χ0n) is 11.6. The lowest BCUT2D eigenvalue weighted by Gasteiger charge is -2.09. The summed E-state index contributed by atoms with van der Waals surface area (Å²) in [6, 6.07) is 9.26. The number of carbonyl (C=O) groups excluding carboxylic acids is 1. The first-order chi connectivity index (χ1) is 10.1. The van der Waals surface area contributed by atoms with Crippen LogP contribution in [0.3, 0.4) is 0 Å². The van der Waals surface area contributed by atoms with Crippen LogP contribution in [-0.2, 0) is 4.74 Å². The number of methoxy groups -OCH3 is 1. The highest BCUT2D eigenvalue weighted by Crippen LogP contribution is 2.25. The predicted molar refractivity (Wildman–Crippen MR) is 77.8 cm³/mol. The quantitative estimate of drug-likeness (QED) is 0.728. The molecule has 2 aromatic heterocycles. The van der Waals surface area contributed by atoms with Crippen LogP contribution in [0.2, 0.25) is 0 Å². The van der Waals surface area contributed by atoms with Crippen LogP contribution in [-0.4, -0.2) is 27.6 Å². The smallest absolute Gasteiger partial charge is 0.355 e. The number of nitrogens with zero attached hydrogens (tertiary/aromatic N) is 2. The molecule has 0 aliphatic heterocycles. The van der Waals surface area contributed by atoms with Crippen LogP contribution < -0.4 is 5.56 Å². The number of aryl methyl sites for hydroxylation is 1. The molecule has 0 fully saturated rings. The van der Waals surface area contributed by atoms with E-state index in [2.05, 4.69) is 9.97 Å². The molecule has 2 heterocycles. The van der Waals surface area contributed by atoms with Crippen LogP contribution in [0.1, 0.15) is 16.1 Å². The number of ether oxygens (including phenoxy) is 1. The SMILES string of the molecule is COC(=O)c1c(C)c2c(=O)[nH]cnc2n1-c1ccccc1. The number of hydrogen-bond acceptors (Lipinski definition) is 4. The van der Waals surface area contributed by atoms with Crippen LogP contribution in [0, 0.1) is 6.92 Å². The summed E-state index contributed by atoms with van der Waals surface area (Å²) in [6.07, 6.45) is 1.32. The van der Waals surface area contributed by atoms with Gasteiger partial charge in [-0.25, -0.2) is 9.78 Å². The Kier molecular flexibility index (Phi) is 3.06. The number of carbonyl (C=O) groups is 1. The Bertz CT molecular complexity index is 878. The monoisotopic (exact) mass is 283 g/mol. The first kappa shape index (κ1) is 13.1. The average Bonchev–Trinajstić information content (AvgIpc) is 2.81. The van der Waals surface area contributed by atoms with Crippen molar-refractivity contribution >= 4 is 17.0 Å². The van der Waals surface area contributed by atoms with Crippen LogP contribution >= 0.6 is 0 Å². The van der Waals surface area contributed by atoms with Gasteiger partial charge in [0, 0.05) is 5.69 Å². The number of nitrogens with one attached hydrogen (secondary N) is 1. The molecule has 1 N–H and O–H groups in total. The predicted octanol–water partition coefficient (Wildman–Crippen LogP) is 1.81. The number of fused-ring (bicyclic) bond motifs is 1. The highest BCUT2D eigenvalue weighted by Gasteiger charge is 2.24. The number of H-pyrrole nitrogens is 1. The summed E-state index contributed by atoms with van der Waals surface area (Å²) in [5.74, 6) is -0.506. The fraction of sp³-hybridized carbons (Fsp3) is 0.133. The maximum absolute atomic E-state index is 12.1. The van der Waals surface area contributed by atoms with Gasteiger partial charge in [-0.1, -0.05) is 18.2 Å². The molecule has 1 aromatic carbocycles. The van der Waals surface area contributed by atoms with Gasteiger partial charge in [0.2, 0.25) is 0 Å². The number of aromatic nitrogens is 3. The van der Waals surface area contributed by atoms with Crippen LogP contribution in [0.4, 0.5) is 0 Å². The molecule has 3 aromatic rings. The zero-order valence-corrected chi connectivity index (χ0v) is 11.6. The first-order valence-electron chi connectivity index (χ1n) is 6.37. The summed E-state index contributed by atoms with van der Waals surface area (Å²) in [6.45, 7) is 1.71. The van der Waals surface area contributed by atoms with Crippen molar-refractivity contribution < 1.29 is 9.53 Å². The topological polar surface area (TPSA) is 77.0 Å². The summed E-state index contributed by atoms with van der Waals surface area (Å²) < 4.78 is 6.49. The second kappa shape index (κ2) is 4.90. The lowest BCUT2D eigenvalue weighted by molar-refractivity contribution is 0.0591. The number of para-hydroxylation sites is 1. The van der Waals surface area contributed by atoms with Gasteiger partial charge in [-0.2, -0.15) is 0 Å². The minimum absolute atomic E-state index is 0.280. The van der Waals surface area contributed by atoms with Gasteiger partial charge in [0.15, 0.2) is 5.65 Å². The van der Waals surface area contributed by atoms with E-state index in [4.69, 9.17) is 4.74 Å². The number of aromatic amines is 1.